The SMILES string of the molecule is COc1cccc(CN2CCC(OCCCN)CC2)c1O. The van der Waals surface area contributed by atoms with E-state index in [9.17, 15) is 5.11 Å². The van der Waals surface area contributed by atoms with Gasteiger partial charge in [0.2, 0.25) is 0 Å². The molecule has 0 spiro atoms. The monoisotopic (exact) mass is 294 g/mol. The Morgan fingerprint density at radius 3 is 2.76 bits per heavy atom. The first-order chi connectivity index (χ1) is 10.2. The molecule has 1 aromatic rings. The lowest BCUT2D eigenvalue weighted by Gasteiger charge is -2.32. The third-order valence-electron chi connectivity index (χ3n) is 3.93. The third kappa shape index (κ3) is 4.59. The van der Waals surface area contributed by atoms with Crippen LogP contribution in [0, 0.1) is 0 Å². The van der Waals surface area contributed by atoms with Crippen molar-refractivity contribution in [1.82, 2.24) is 4.90 Å². The number of nitrogens with zero attached hydrogens (tertiary/aromatic N) is 1. The number of likely N-dealkylation sites (tertiary alicyclic amines) is 1. The third-order valence-corrected chi connectivity index (χ3v) is 3.93. The van der Waals surface area contributed by atoms with E-state index in [2.05, 4.69) is 4.90 Å². The summed E-state index contributed by atoms with van der Waals surface area (Å²) in [7, 11) is 1.57. The Morgan fingerprint density at radius 2 is 2.10 bits per heavy atom. The molecule has 1 aliphatic rings. The Bertz CT molecular complexity index is 432. The van der Waals surface area contributed by atoms with Crippen LogP contribution in [0.25, 0.3) is 0 Å². The molecule has 1 aromatic carbocycles. The highest BCUT2D eigenvalue weighted by atomic mass is 16.5. The van der Waals surface area contributed by atoms with Gasteiger partial charge in [-0.25, -0.2) is 0 Å². The first-order valence-corrected chi connectivity index (χ1v) is 7.63. The largest absolute Gasteiger partial charge is 0.504 e. The smallest absolute Gasteiger partial charge is 0.162 e. The Labute approximate surface area is 126 Å². The topological polar surface area (TPSA) is 68.0 Å². The van der Waals surface area contributed by atoms with Crippen LogP contribution in [0.4, 0.5) is 0 Å². The van der Waals surface area contributed by atoms with Gasteiger partial charge in [0.1, 0.15) is 0 Å². The second-order valence-corrected chi connectivity index (χ2v) is 5.46. The Kier molecular flexibility index (Phi) is 6.29. The summed E-state index contributed by atoms with van der Waals surface area (Å²) in [6.45, 7) is 4.18. The van der Waals surface area contributed by atoms with E-state index < -0.39 is 0 Å². The summed E-state index contributed by atoms with van der Waals surface area (Å²) >= 11 is 0. The molecule has 5 nitrogen and oxygen atoms in total. The van der Waals surface area contributed by atoms with Crippen LogP contribution in [0.5, 0.6) is 11.5 Å². The minimum absolute atomic E-state index is 0.251. The van der Waals surface area contributed by atoms with Crippen molar-refractivity contribution in [1.29, 1.82) is 0 Å². The summed E-state index contributed by atoms with van der Waals surface area (Å²) in [5.41, 5.74) is 6.38. The van der Waals surface area contributed by atoms with Gasteiger partial charge in [0.05, 0.1) is 13.2 Å². The molecule has 21 heavy (non-hydrogen) atoms. The lowest BCUT2D eigenvalue weighted by atomic mass is 10.1. The van der Waals surface area contributed by atoms with Crippen molar-refractivity contribution in [3.8, 4) is 11.5 Å². The average molecular weight is 294 g/mol. The van der Waals surface area contributed by atoms with Crippen molar-refractivity contribution in [2.24, 2.45) is 5.73 Å². The van der Waals surface area contributed by atoms with Crippen molar-refractivity contribution in [2.45, 2.75) is 31.9 Å². The average Bonchev–Trinajstić information content (AvgIpc) is 2.51. The molecule has 0 amide bonds. The number of piperidine rings is 1. The number of benzene rings is 1. The number of methoxy groups -OCH3 is 1. The summed E-state index contributed by atoms with van der Waals surface area (Å²) in [5.74, 6) is 0.786. The van der Waals surface area contributed by atoms with Crippen LogP contribution < -0.4 is 10.5 Å². The minimum Gasteiger partial charge on any atom is -0.504 e. The molecular formula is C16H26N2O3. The number of hydrogen-bond acceptors (Lipinski definition) is 5. The van der Waals surface area contributed by atoms with Crippen LogP contribution in [0.15, 0.2) is 18.2 Å². The molecule has 1 fully saturated rings. The number of ether oxygens (including phenoxy) is 2. The number of rotatable bonds is 7. The minimum atomic E-state index is 0.251. The van der Waals surface area contributed by atoms with E-state index in [1.54, 1.807) is 13.2 Å². The zero-order valence-electron chi connectivity index (χ0n) is 12.8. The molecule has 0 saturated carbocycles. The van der Waals surface area contributed by atoms with Gasteiger partial charge in [-0.3, -0.25) is 4.90 Å². The Balaban J connectivity index is 1.81. The highest BCUT2D eigenvalue weighted by molar-refractivity contribution is 5.45. The lowest BCUT2D eigenvalue weighted by Crippen LogP contribution is -2.36. The molecule has 0 aromatic heterocycles. The Morgan fingerprint density at radius 1 is 1.33 bits per heavy atom. The number of hydrogen-bond donors (Lipinski definition) is 2. The van der Waals surface area contributed by atoms with Crippen LogP contribution in [0.1, 0.15) is 24.8 Å². The molecule has 0 unspecified atom stereocenters. The van der Waals surface area contributed by atoms with Crippen LogP contribution >= 0.6 is 0 Å². The fourth-order valence-electron chi connectivity index (χ4n) is 2.67. The second kappa shape index (κ2) is 8.22. The Hall–Kier alpha value is -1.30. The molecular weight excluding hydrogens is 268 g/mol. The van der Waals surface area contributed by atoms with Gasteiger partial charge >= 0.3 is 0 Å². The summed E-state index contributed by atoms with van der Waals surface area (Å²) < 4.78 is 11.0. The number of nitrogens with two attached hydrogens (primary N) is 1. The van der Waals surface area contributed by atoms with Crippen molar-refractivity contribution >= 4 is 0 Å². The van der Waals surface area contributed by atoms with E-state index in [-0.39, 0.29) is 5.75 Å². The number of phenols is 1. The maximum Gasteiger partial charge on any atom is 0.162 e. The van der Waals surface area contributed by atoms with Gasteiger partial charge in [0.15, 0.2) is 11.5 Å². The lowest BCUT2D eigenvalue weighted by molar-refractivity contribution is 0.00551. The molecule has 1 saturated heterocycles. The maximum absolute atomic E-state index is 10.1. The zero-order valence-corrected chi connectivity index (χ0v) is 12.8. The van der Waals surface area contributed by atoms with Gasteiger partial charge in [-0.05, 0) is 31.9 Å². The molecule has 0 bridgehead atoms. The van der Waals surface area contributed by atoms with E-state index >= 15 is 0 Å². The molecule has 118 valence electrons. The summed E-state index contributed by atoms with van der Waals surface area (Å²) in [6.07, 6.45) is 3.36. The predicted octanol–water partition coefficient (Wildman–Crippen LogP) is 1.73. The first-order valence-electron chi connectivity index (χ1n) is 7.63. The quantitative estimate of drug-likeness (QED) is 0.750. The summed E-state index contributed by atoms with van der Waals surface area (Å²) in [4.78, 5) is 2.34. The second-order valence-electron chi connectivity index (χ2n) is 5.46. The van der Waals surface area contributed by atoms with E-state index in [1.165, 1.54) is 0 Å². The summed E-state index contributed by atoms with van der Waals surface area (Å²) in [6, 6.07) is 5.63. The number of para-hydroxylation sites is 1. The van der Waals surface area contributed by atoms with E-state index in [1.807, 2.05) is 12.1 Å². The van der Waals surface area contributed by atoms with Gasteiger partial charge in [-0.2, -0.15) is 0 Å². The molecule has 5 heteroatoms. The highest BCUT2D eigenvalue weighted by Crippen LogP contribution is 2.30. The van der Waals surface area contributed by atoms with Crippen LogP contribution in [0.2, 0.25) is 0 Å². The molecule has 0 atom stereocenters. The summed E-state index contributed by atoms with van der Waals surface area (Å²) in [5, 5.41) is 10.1. The molecule has 1 aliphatic heterocycles. The van der Waals surface area contributed by atoms with Crippen molar-refractivity contribution in [3.05, 3.63) is 23.8 Å². The first kappa shape index (κ1) is 16.1. The maximum atomic E-state index is 10.1. The fourth-order valence-corrected chi connectivity index (χ4v) is 2.67. The van der Waals surface area contributed by atoms with Crippen LogP contribution in [-0.2, 0) is 11.3 Å². The predicted molar refractivity (Wildman–Crippen MR) is 82.6 cm³/mol. The number of phenolic OH excluding ortho intramolecular Hbond substituents is 1. The van der Waals surface area contributed by atoms with Crippen molar-refractivity contribution in [3.63, 3.8) is 0 Å². The molecule has 0 radical (unpaired) electrons. The molecule has 3 N–H and O–H groups in total. The molecule has 2 rings (SSSR count). The zero-order chi connectivity index (χ0) is 15.1. The van der Waals surface area contributed by atoms with Crippen LogP contribution in [-0.4, -0.2) is 49.5 Å². The van der Waals surface area contributed by atoms with E-state index in [4.69, 9.17) is 15.2 Å². The van der Waals surface area contributed by atoms with Crippen LogP contribution in [0.3, 0.4) is 0 Å². The van der Waals surface area contributed by atoms with Crippen molar-refractivity contribution < 1.29 is 14.6 Å². The standard InChI is InChI=1S/C16H26N2O3/c1-20-15-5-2-4-13(16(15)19)12-18-9-6-14(7-10-18)21-11-3-8-17/h2,4-5,14,19H,3,6-12,17H2,1H3. The van der Waals surface area contributed by atoms with Gasteiger partial charge in [0.25, 0.3) is 0 Å². The molecule has 0 aliphatic carbocycles. The normalized spacial score (nSPS) is 17.0. The van der Waals surface area contributed by atoms with Gasteiger partial charge in [-0.15, -0.1) is 0 Å². The van der Waals surface area contributed by atoms with Gasteiger partial charge in [0, 0.05) is 31.8 Å². The molecule has 1 heterocycles. The van der Waals surface area contributed by atoms with E-state index in [0.717, 1.165) is 51.1 Å². The van der Waals surface area contributed by atoms with Crippen molar-refractivity contribution in [2.75, 3.05) is 33.4 Å². The van der Waals surface area contributed by atoms with E-state index in [0.29, 0.717) is 18.4 Å². The number of aromatic hydroxyl groups is 1. The highest BCUT2D eigenvalue weighted by Gasteiger charge is 2.20. The van der Waals surface area contributed by atoms with Gasteiger partial charge < -0.3 is 20.3 Å². The fraction of sp³-hybridized carbons (Fsp3) is 0.625. The van der Waals surface area contributed by atoms with Gasteiger partial charge in [-0.1, -0.05) is 12.1 Å².